The maximum Gasteiger partial charge on any atom is 0.178 e. The van der Waals surface area contributed by atoms with E-state index in [1.165, 1.54) is 18.5 Å². The van der Waals surface area contributed by atoms with E-state index < -0.39 is 0 Å². The Labute approximate surface area is 140 Å². The highest BCUT2D eigenvalue weighted by Crippen LogP contribution is 2.38. The second kappa shape index (κ2) is 5.47. The number of nitrogens with one attached hydrogen (secondary N) is 1. The molecule has 1 unspecified atom stereocenters. The number of para-hydroxylation sites is 1. The van der Waals surface area contributed by atoms with Gasteiger partial charge in [0.15, 0.2) is 11.5 Å². The van der Waals surface area contributed by atoms with Crippen molar-refractivity contribution in [3.05, 3.63) is 48.3 Å². The van der Waals surface area contributed by atoms with Crippen molar-refractivity contribution in [3.63, 3.8) is 0 Å². The number of fused-ring (bicyclic) bond motifs is 1. The van der Waals surface area contributed by atoms with E-state index in [2.05, 4.69) is 50.7 Å². The number of anilines is 2. The monoisotopic (exact) mass is 320 g/mol. The van der Waals surface area contributed by atoms with Gasteiger partial charge in [-0.1, -0.05) is 18.2 Å². The summed E-state index contributed by atoms with van der Waals surface area (Å²) in [6.07, 6.45) is 3.52. The minimum atomic E-state index is 0.413. The number of benzene rings is 1. The first-order valence-corrected chi connectivity index (χ1v) is 8.66. The first kappa shape index (κ1) is 13.8. The SMILES string of the molecule is c1ccc(N2CCC(Nc3ccc4nnc(C5CC5)n4n3)C2)cc1. The summed E-state index contributed by atoms with van der Waals surface area (Å²) >= 11 is 0. The standard InChI is InChI=1S/C18H20N6/c1-2-4-15(5-3-1)23-11-10-14(12-23)19-16-8-9-17-20-21-18(13-6-7-13)24(17)22-16/h1-5,8-9,13-14H,6-7,10-12H2,(H,19,22). The minimum Gasteiger partial charge on any atom is -0.369 e. The highest BCUT2D eigenvalue weighted by atomic mass is 15.4. The summed E-state index contributed by atoms with van der Waals surface area (Å²) in [4.78, 5) is 2.42. The first-order chi connectivity index (χ1) is 11.9. The Morgan fingerprint density at radius 1 is 0.958 bits per heavy atom. The van der Waals surface area contributed by atoms with Gasteiger partial charge in [0.1, 0.15) is 5.82 Å². The molecule has 2 aromatic heterocycles. The summed E-state index contributed by atoms with van der Waals surface area (Å²) < 4.78 is 1.91. The molecule has 0 radical (unpaired) electrons. The van der Waals surface area contributed by atoms with Crippen LogP contribution in [-0.2, 0) is 0 Å². The van der Waals surface area contributed by atoms with E-state index in [9.17, 15) is 0 Å². The second-order valence-corrected chi connectivity index (χ2v) is 6.73. The van der Waals surface area contributed by atoms with Gasteiger partial charge < -0.3 is 10.2 Å². The van der Waals surface area contributed by atoms with E-state index in [4.69, 9.17) is 5.10 Å². The molecule has 2 aliphatic rings. The fourth-order valence-electron chi connectivity index (χ4n) is 3.44. The van der Waals surface area contributed by atoms with Crippen molar-refractivity contribution in [2.45, 2.75) is 31.2 Å². The van der Waals surface area contributed by atoms with Crippen LogP contribution in [0.4, 0.5) is 11.5 Å². The normalized spacial score (nSPS) is 20.7. The minimum absolute atomic E-state index is 0.413. The van der Waals surface area contributed by atoms with Crippen LogP contribution in [-0.4, -0.2) is 38.9 Å². The van der Waals surface area contributed by atoms with Crippen molar-refractivity contribution in [2.75, 3.05) is 23.3 Å². The van der Waals surface area contributed by atoms with Crippen LogP contribution in [0.2, 0.25) is 0 Å². The lowest BCUT2D eigenvalue weighted by molar-refractivity contribution is 0.772. The number of hydrogen-bond donors (Lipinski definition) is 1. The van der Waals surface area contributed by atoms with Gasteiger partial charge in [-0.2, -0.15) is 4.52 Å². The fraction of sp³-hybridized carbons (Fsp3) is 0.389. The van der Waals surface area contributed by atoms with Gasteiger partial charge in [0.05, 0.1) is 0 Å². The van der Waals surface area contributed by atoms with Crippen molar-refractivity contribution < 1.29 is 0 Å². The molecule has 3 heterocycles. The molecule has 3 aromatic rings. The molecule has 2 fully saturated rings. The number of hydrogen-bond acceptors (Lipinski definition) is 5. The average Bonchev–Trinajstić information content (AvgIpc) is 3.21. The largest absolute Gasteiger partial charge is 0.369 e. The van der Waals surface area contributed by atoms with E-state index in [1.807, 2.05) is 16.6 Å². The summed E-state index contributed by atoms with van der Waals surface area (Å²) in [5, 5.41) is 16.8. The molecule has 1 atom stereocenters. The van der Waals surface area contributed by atoms with Gasteiger partial charge in [-0.15, -0.1) is 15.3 Å². The molecule has 1 aromatic carbocycles. The molecular formula is C18H20N6. The van der Waals surface area contributed by atoms with Crippen LogP contribution in [0, 0.1) is 0 Å². The number of rotatable bonds is 4. The zero-order valence-corrected chi connectivity index (χ0v) is 13.5. The maximum absolute atomic E-state index is 4.72. The van der Waals surface area contributed by atoms with Gasteiger partial charge in [-0.05, 0) is 43.5 Å². The van der Waals surface area contributed by atoms with Crippen LogP contribution in [0.5, 0.6) is 0 Å². The Hall–Kier alpha value is -2.63. The zero-order valence-electron chi connectivity index (χ0n) is 13.5. The Bertz CT molecular complexity index is 854. The van der Waals surface area contributed by atoms with Crippen molar-refractivity contribution >= 4 is 17.2 Å². The molecule has 1 N–H and O–H groups in total. The molecule has 1 saturated carbocycles. The lowest BCUT2D eigenvalue weighted by Gasteiger charge is -2.19. The maximum atomic E-state index is 4.72. The van der Waals surface area contributed by atoms with Gasteiger partial charge in [-0.3, -0.25) is 0 Å². The molecule has 1 aliphatic heterocycles. The smallest absolute Gasteiger partial charge is 0.178 e. The summed E-state index contributed by atoms with van der Waals surface area (Å²) in [7, 11) is 0. The molecular weight excluding hydrogens is 300 g/mol. The Kier molecular flexibility index (Phi) is 3.14. The first-order valence-electron chi connectivity index (χ1n) is 8.66. The molecule has 1 saturated heterocycles. The molecule has 0 bridgehead atoms. The van der Waals surface area contributed by atoms with Crippen LogP contribution in [0.15, 0.2) is 42.5 Å². The van der Waals surface area contributed by atoms with Gasteiger partial charge in [0.2, 0.25) is 0 Å². The van der Waals surface area contributed by atoms with Crippen LogP contribution >= 0.6 is 0 Å². The molecule has 0 amide bonds. The Morgan fingerprint density at radius 2 is 1.83 bits per heavy atom. The Morgan fingerprint density at radius 3 is 2.67 bits per heavy atom. The van der Waals surface area contributed by atoms with Crippen LogP contribution in [0.3, 0.4) is 0 Å². The third-order valence-electron chi connectivity index (χ3n) is 4.89. The van der Waals surface area contributed by atoms with Crippen molar-refractivity contribution in [1.82, 2.24) is 19.8 Å². The molecule has 6 heteroatoms. The number of nitrogens with zero attached hydrogens (tertiary/aromatic N) is 5. The third-order valence-corrected chi connectivity index (χ3v) is 4.89. The predicted octanol–water partition coefficient (Wildman–Crippen LogP) is 2.69. The molecule has 122 valence electrons. The lowest BCUT2D eigenvalue weighted by atomic mass is 10.2. The molecule has 1 aliphatic carbocycles. The van der Waals surface area contributed by atoms with Crippen LogP contribution < -0.4 is 10.2 Å². The van der Waals surface area contributed by atoms with Crippen molar-refractivity contribution in [1.29, 1.82) is 0 Å². The van der Waals surface area contributed by atoms with E-state index >= 15 is 0 Å². The van der Waals surface area contributed by atoms with E-state index in [1.54, 1.807) is 0 Å². The van der Waals surface area contributed by atoms with Gasteiger partial charge in [-0.25, -0.2) is 0 Å². The third kappa shape index (κ3) is 2.48. The van der Waals surface area contributed by atoms with Gasteiger partial charge >= 0.3 is 0 Å². The summed E-state index contributed by atoms with van der Waals surface area (Å²) in [5.41, 5.74) is 2.12. The van der Waals surface area contributed by atoms with Crippen LogP contribution in [0.25, 0.3) is 5.65 Å². The van der Waals surface area contributed by atoms with E-state index in [-0.39, 0.29) is 0 Å². The predicted molar refractivity (Wildman–Crippen MR) is 93.4 cm³/mol. The quantitative estimate of drug-likeness (QED) is 0.801. The highest BCUT2D eigenvalue weighted by molar-refractivity contribution is 5.49. The summed E-state index contributed by atoms with van der Waals surface area (Å²) in [6, 6.07) is 15.0. The zero-order chi connectivity index (χ0) is 15.9. The Balaban J connectivity index is 1.33. The molecule has 6 nitrogen and oxygen atoms in total. The molecule has 24 heavy (non-hydrogen) atoms. The summed E-state index contributed by atoms with van der Waals surface area (Å²) in [5.74, 6) is 2.46. The topological polar surface area (TPSA) is 58.3 Å². The van der Waals surface area contributed by atoms with Gasteiger partial charge in [0.25, 0.3) is 0 Å². The van der Waals surface area contributed by atoms with E-state index in [0.29, 0.717) is 12.0 Å². The second-order valence-electron chi connectivity index (χ2n) is 6.73. The van der Waals surface area contributed by atoms with E-state index in [0.717, 1.165) is 36.8 Å². The van der Waals surface area contributed by atoms with Crippen LogP contribution in [0.1, 0.15) is 31.0 Å². The average molecular weight is 320 g/mol. The van der Waals surface area contributed by atoms with Crippen molar-refractivity contribution in [2.24, 2.45) is 0 Å². The van der Waals surface area contributed by atoms with Gasteiger partial charge in [0, 0.05) is 30.7 Å². The van der Waals surface area contributed by atoms with Crippen molar-refractivity contribution in [3.8, 4) is 0 Å². The summed E-state index contributed by atoms with van der Waals surface area (Å²) in [6.45, 7) is 2.07. The molecule has 0 spiro atoms. The highest BCUT2D eigenvalue weighted by Gasteiger charge is 2.29. The molecule has 5 rings (SSSR count). The fourth-order valence-corrected chi connectivity index (χ4v) is 3.44. The number of aromatic nitrogens is 4. The lowest BCUT2D eigenvalue weighted by Crippen LogP contribution is -2.26.